The number of carbonyl (C=O) groups excluding carboxylic acids is 2. The van der Waals surface area contributed by atoms with Gasteiger partial charge in [-0.1, -0.05) is 15.9 Å². The third kappa shape index (κ3) is 2.68. The van der Waals surface area contributed by atoms with Crippen LogP contribution in [-0.4, -0.2) is 34.9 Å². The van der Waals surface area contributed by atoms with Gasteiger partial charge in [0.15, 0.2) is 0 Å². The maximum atomic E-state index is 12.2. The second kappa shape index (κ2) is 5.22. The molecule has 108 valence electrons. The van der Waals surface area contributed by atoms with Gasteiger partial charge in [0.05, 0.1) is 12.2 Å². The molecule has 0 N–H and O–H groups in total. The fourth-order valence-electron chi connectivity index (χ4n) is 2.08. The topological polar surface area (TPSA) is 78.9 Å². The van der Waals surface area contributed by atoms with E-state index in [9.17, 15) is 14.8 Å². The van der Waals surface area contributed by atoms with Crippen molar-refractivity contribution in [1.82, 2.24) is 5.06 Å². The van der Waals surface area contributed by atoms with E-state index in [-0.39, 0.29) is 12.2 Å². The molecule has 0 aliphatic carbocycles. The van der Waals surface area contributed by atoms with Gasteiger partial charge in [-0.25, -0.2) is 9.59 Å². The van der Waals surface area contributed by atoms with Gasteiger partial charge in [0.2, 0.25) is 0 Å². The van der Waals surface area contributed by atoms with Crippen LogP contribution in [0.15, 0.2) is 10.1 Å². The van der Waals surface area contributed by atoms with Crippen molar-refractivity contribution < 1.29 is 19.1 Å². The van der Waals surface area contributed by atoms with E-state index >= 15 is 0 Å². The molecule has 0 unspecified atom stereocenters. The van der Waals surface area contributed by atoms with Crippen molar-refractivity contribution in [2.75, 3.05) is 6.61 Å². The zero-order chi connectivity index (χ0) is 15.0. The van der Waals surface area contributed by atoms with E-state index in [4.69, 9.17) is 0 Å². The first kappa shape index (κ1) is 16.1. The summed E-state index contributed by atoms with van der Waals surface area (Å²) in [4.78, 5) is 23.2. The summed E-state index contributed by atoms with van der Waals surface area (Å²) in [6, 6.07) is 0. The van der Waals surface area contributed by atoms with Gasteiger partial charge in [0.1, 0.15) is 0 Å². The first-order chi connectivity index (χ1) is 8.56. The fourth-order valence-corrected chi connectivity index (χ4v) is 2.89. The molecule has 0 fully saturated rings. The average Bonchev–Trinajstić information content (AvgIpc) is 2.37. The van der Waals surface area contributed by atoms with Crippen LogP contribution in [0, 0.1) is 5.21 Å². The molecule has 0 amide bonds. The Balaban J connectivity index is 3.07. The summed E-state index contributed by atoms with van der Waals surface area (Å²) in [6.07, 6.45) is -1.07. The van der Waals surface area contributed by atoms with E-state index in [0.29, 0.717) is 4.48 Å². The van der Waals surface area contributed by atoms with Gasteiger partial charge in [0, 0.05) is 15.6 Å². The van der Waals surface area contributed by atoms with E-state index in [1.807, 2.05) is 0 Å². The van der Waals surface area contributed by atoms with E-state index in [1.54, 1.807) is 34.6 Å². The Hall–Kier alpha value is -0.920. The lowest BCUT2D eigenvalue weighted by molar-refractivity contribution is -0.136. The molecule has 19 heavy (non-hydrogen) atoms. The summed E-state index contributed by atoms with van der Waals surface area (Å²) in [6.45, 7) is 8.25. The summed E-state index contributed by atoms with van der Waals surface area (Å²) in [5.41, 5.74) is -1.86. The zero-order valence-electron chi connectivity index (χ0n) is 11.6. The van der Waals surface area contributed by atoms with Crippen molar-refractivity contribution in [1.29, 1.82) is 0 Å². The van der Waals surface area contributed by atoms with Crippen LogP contribution in [0.5, 0.6) is 0 Å². The Morgan fingerprint density at radius 1 is 1.26 bits per heavy atom. The first-order valence-electron chi connectivity index (χ1n) is 5.84. The van der Waals surface area contributed by atoms with Gasteiger partial charge in [-0.2, -0.15) is 0 Å². The maximum absolute atomic E-state index is 12.2. The van der Waals surface area contributed by atoms with Gasteiger partial charge in [-0.3, -0.25) is 0 Å². The monoisotopic (exact) mass is 334 g/mol. The van der Waals surface area contributed by atoms with E-state index in [1.165, 1.54) is 0 Å². The van der Waals surface area contributed by atoms with Gasteiger partial charge >= 0.3 is 12.1 Å². The van der Waals surface area contributed by atoms with E-state index in [2.05, 4.69) is 25.4 Å². The number of hydroxylamine groups is 2. The Kier molecular flexibility index (Phi) is 4.44. The zero-order valence-corrected chi connectivity index (χ0v) is 13.2. The molecular weight excluding hydrogens is 318 g/mol. The SMILES string of the molecule is CCOC(=O)OC(=O)C1=C(Br)C(C)(C)N([O-])C1(C)C. The standard InChI is InChI=1S/C12H17BrNO5/c1-6-18-10(16)19-9(15)7-8(13)12(4,5)14(17)11(7,2)3/h6H2,1-5H3/q-1. The third-order valence-electron chi connectivity index (χ3n) is 3.03. The average molecular weight is 335 g/mol. The highest BCUT2D eigenvalue weighted by atomic mass is 79.9. The molecule has 1 heterocycles. The van der Waals surface area contributed by atoms with Crippen LogP contribution in [-0.2, 0) is 14.3 Å². The van der Waals surface area contributed by atoms with Crippen molar-refractivity contribution >= 4 is 28.1 Å². The first-order valence-corrected chi connectivity index (χ1v) is 6.63. The molecule has 0 aromatic heterocycles. The maximum Gasteiger partial charge on any atom is 0.516 e. The molecule has 0 saturated heterocycles. The number of hydrogen-bond donors (Lipinski definition) is 0. The predicted molar refractivity (Wildman–Crippen MR) is 72.4 cm³/mol. The molecule has 1 aliphatic heterocycles. The van der Waals surface area contributed by atoms with Crippen LogP contribution in [0.25, 0.3) is 0 Å². The smallest absolute Gasteiger partial charge is 0.516 e. The van der Waals surface area contributed by atoms with Crippen LogP contribution >= 0.6 is 15.9 Å². The molecule has 0 spiro atoms. The number of esters is 1. The molecule has 0 saturated carbocycles. The highest BCUT2D eigenvalue weighted by molar-refractivity contribution is 9.11. The van der Waals surface area contributed by atoms with Crippen molar-refractivity contribution in [3.05, 3.63) is 15.3 Å². The van der Waals surface area contributed by atoms with Crippen LogP contribution in [0.1, 0.15) is 34.6 Å². The Labute approximate surface area is 120 Å². The molecule has 7 heteroatoms. The Morgan fingerprint density at radius 2 is 1.79 bits per heavy atom. The lowest BCUT2D eigenvalue weighted by Crippen LogP contribution is -2.47. The minimum absolute atomic E-state index is 0.106. The summed E-state index contributed by atoms with van der Waals surface area (Å²) >= 11 is 3.26. The van der Waals surface area contributed by atoms with E-state index in [0.717, 1.165) is 5.06 Å². The Morgan fingerprint density at radius 3 is 2.16 bits per heavy atom. The number of halogens is 1. The number of carbonyl (C=O) groups is 2. The molecule has 6 nitrogen and oxygen atoms in total. The molecule has 0 bridgehead atoms. The predicted octanol–water partition coefficient (Wildman–Crippen LogP) is 2.71. The second-order valence-corrected chi connectivity index (χ2v) is 5.97. The lowest BCUT2D eigenvalue weighted by atomic mass is 9.97. The number of hydrogen-bond acceptors (Lipinski definition) is 6. The largest absolute Gasteiger partial charge is 0.784 e. The summed E-state index contributed by atoms with van der Waals surface area (Å²) in [5, 5.41) is 13.0. The van der Waals surface area contributed by atoms with Gasteiger partial charge in [0.25, 0.3) is 0 Å². The molecular formula is C12H17BrNO5-. The van der Waals surface area contributed by atoms with Gasteiger partial charge in [-0.15, -0.1) is 0 Å². The highest BCUT2D eigenvalue weighted by Crippen LogP contribution is 2.47. The molecule has 1 aliphatic rings. The van der Waals surface area contributed by atoms with Crippen LogP contribution in [0.4, 0.5) is 4.79 Å². The lowest BCUT2D eigenvalue weighted by Gasteiger charge is -2.47. The Bertz CT molecular complexity index is 441. The summed E-state index contributed by atoms with van der Waals surface area (Å²) in [5.74, 6) is -0.873. The summed E-state index contributed by atoms with van der Waals surface area (Å²) in [7, 11) is 0. The fraction of sp³-hybridized carbons (Fsp3) is 0.667. The van der Waals surface area contributed by atoms with Crippen LogP contribution in [0.2, 0.25) is 0 Å². The number of ether oxygens (including phenoxy) is 2. The summed E-state index contributed by atoms with van der Waals surface area (Å²) < 4.78 is 9.52. The molecule has 0 aromatic carbocycles. The third-order valence-corrected chi connectivity index (χ3v) is 4.39. The van der Waals surface area contributed by atoms with Crippen molar-refractivity contribution in [2.24, 2.45) is 0 Å². The molecule has 0 aromatic rings. The highest BCUT2D eigenvalue weighted by Gasteiger charge is 2.48. The normalized spacial score (nSPS) is 21.4. The second-order valence-electron chi connectivity index (χ2n) is 5.17. The molecule has 0 radical (unpaired) electrons. The van der Waals surface area contributed by atoms with Gasteiger partial charge < -0.3 is 19.7 Å². The van der Waals surface area contributed by atoms with Crippen molar-refractivity contribution in [3.63, 3.8) is 0 Å². The minimum Gasteiger partial charge on any atom is -0.784 e. The van der Waals surface area contributed by atoms with Crippen molar-refractivity contribution in [2.45, 2.75) is 45.7 Å². The quantitative estimate of drug-likeness (QED) is 0.570. The number of nitrogens with zero attached hydrogens (tertiary/aromatic N) is 1. The van der Waals surface area contributed by atoms with Crippen LogP contribution in [0.3, 0.4) is 0 Å². The molecule has 1 rings (SSSR count). The van der Waals surface area contributed by atoms with Gasteiger partial charge in [-0.05, 0) is 34.6 Å². The minimum atomic E-state index is -1.09. The number of rotatable bonds is 2. The van der Waals surface area contributed by atoms with Crippen molar-refractivity contribution in [3.8, 4) is 0 Å². The molecule has 0 atom stereocenters. The van der Waals surface area contributed by atoms with E-state index < -0.39 is 23.2 Å². The van der Waals surface area contributed by atoms with Crippen LogP contribution < -0.4 is 0 Å².